The number of aliphatic imine (C=N–C) groups is 1. The second-order valence-electron chi connectivity index (χ2n) is 7.21. The lowest BCUT2D eigenvalue weighted by Crippen LogP contribution is -2.41. The van der Waals surface area contributed by atoms with Crippen molar-refractivity contribution >= 4 is 11.9 Å². The number of carbonyl (C=O) groups is 1. The molecule has 0 aromatic carbocycles. The van der Waals surface area contributed by atoms with Crippen molar-refractivity contribution in [3.63, 3.8) is 0 Å². The summed E-state index contributed by atoms with van der Waals surface area (Å²) in [6.07, 6.45) is 8.88. The second kappa shape index (κ2) is 10.1. The molecule has 2 aliphatic carbocycles. The molecule has 0 bridgehead atoms. The zero-order valence-electron chi connectivity index (χ0n) is 16.2. The molecule has 2 fully saturated rings. The van der Waals surface area contributed by atoms with Gasteiger partial charge in [-0.3, -0.25) is 4.79 Å². The highest BCUT2D eigenvalue weighted by Gasteiger charge is 2.28. The lowest BCUT2D eigenvalue weighted by molar-refractivity contribution is -0.122. The summed E-state index contributed by atoms with van der Waals surface area (Å²) in [4.78, 5) is 20.6. The number of rotatable bonds is 9. The average Bonchev–Trinajstić information content (AvgIpc) is 3.41. The SMILES string of the molecule is CCNC(=NCc1ccnc(OC2CCCC2)c1)NCCNC(=O)C1CC1. The van der Waals surface area contributed by atoms with Crippen molar-refractivity contribution in [2.45, 2.75) is 58.1 Å². The fraction of sp³-hybridized carbons (Fsp3) is 0.650. The summed E-state index contributed by atoms with van der Waals surface area (Å²) < 4.78 is 5.97. The summed E-state index contributed by atoms with van der Waals surface area (Å²) >= 11 is 0. The first kappa shape index (κ1) is 19.5. The second-order valence-corrected chi connectivity index (χ2v) is 7.21. The van der Waals surface area contributed by atoms with Gasteiger partial charge in [-0.05, 0) is 57.1 Å². The molecule has 0 atom stereocenters. The van der Waals surface area contributed by atoms with Crippen LogP contribution in [-0.2, 0) is 11.3 Å². The van der Waals surface area contributed by atoms with E-state index in [0.29, 0.717) is 31.6 Å². The molecular formula is C20H31N5O2. The fourth-order valence-electron chi connectivity index (χ4n) is 3.16. The van der Waals surface area contributed by atoms with Gasteiger partial charge in [0.1, 0.15) is 6.10 Å². The molecule has 3 N–H and O–H groups in total. The summed E-state index contributed by atoms with van der Waals surface area (Å²) in [6, 6.07) is 3.94. The van der Waals surface area contributed by atoms with Crippen molar-refractivity contribution in [2.24, 2.45) is 10.9 Å². The molecule has 7 nitrogen and oxygen atoms in total. The molecule has 27 heavy (non-hydrogen) atoms. The molecule has 2 saturated carbocycles. The van der Waals surface area contributed by atoms with Crippen LogP contribution in [0, 0.1) is 5.92 Å². The molecule has 0 radical (unpaired) electrons. The normalized spacial score (nSPS) is 17.6. The van der Waals surface area contributed by atoms with E-state index in [4.69, 9.17) is 4.74 Å². The molecule has 7 heteroatoms. The minimum atomic E-state index is 0.172. The molecule has 1 amide bonds. The van der Waals surface area contributed by atoms with Crippen molar-refractivity contribution in [1.82, 2.24) is 20.9 Å². The summed E-state index contributed by atoms with van der Waals surface area (Å²) in [7, 11) is 0. The topological polar surface area (TPSA) is 87.6 Å². The average molecular weight is 374 g/mol. The van der Waals surface area contributed by atoms with E-state index in [1.807, 2.05) is 19.1 Å². The van der Waals surface area contributed by atoms with Gasteiger partial charge in [0, 0.05) is 37.8 Å². The van der Waals surface area contributed by atoms with Gasteiger partial charge >= 0.3 is 0 Å². The highest BCUT2D eigenvalue weighted by atomic mass is 16.5. The number of nitrogens with zero attached hydrogens (tertiary/aromatic N) is 2. The summed E-state index contributed by atoms with van der Waals surface area (Å²) in [5.41, 5.74) is 1.07. The van der Waals surface area contributed by atoms with Gasteiger partial charge in [0.05, 0.1) is 6.54 Å². The Morgan fingerprint density at radius 3 is 2.70 bits per heavy atom. The molecular weight excluding hydrogens is 342 g/mol. The van der Waals surface area contributed by atoms with Crippen molar-refractivity contribution in [3.05, 3.63) is 23.9 Å². The van der Waals surface area contributed by atoms with E-state index in [1.165, 1.54) is 12.8 Å². The van der Waals surface area contributed by atoms with Gasteiger partial charge in [-0.2, -0.15) is 0 Å². The molecule has 148 valence electrons. The lowest BCUT2D eigenvalue weighted by atomic mass is 10.2. The molecule has 1 aromatic rings. The van der Waals surface area contributed by atoms with Crippen LogP contribution in [0.1, 0.15) is 51.0 Å². The highest BCUT2D eigenvalue weighted by Crippen LogP contribution is 2.28. The van der Waals surface area contributed by atoms with Crippen molar-refractivity contribution in [2.75, 3.05) is 19.6 Å². The molecule has 1 aromatic heterocycles. The number of ether oxygens (including phenoxy) is 1. The van der Waals surface area contributed by atoms with Crippen LogP contribution in [0.2, 0.25) is 0 Å². The van der Waals surface area contributed by atoms with Gasteiger partial charge in [-0.15, -0.1) is 0 Å². The molecule has 2 aliphatic rings. The Kier molecular flexibility index (Phi) is 7.30. The number of carbonyl (C=O) groups excluding carboxylic acids is 1. The van der Waals surface area contributed by atoms with Gasteiger partial charge < -0.3 is 20.7 Å². The van der Waals surface area contributed by atoms with E-state index in [9.17, 15) is 4.79 Å². The Labute approximate surface area is 161 Å². The minimum Gasteiger partial charge on any atom is -0.474 e. The number of nitrogens with one attached hydrogen (secondary N) is 3. The number of hydrogen-bond acceptors (Lipinski definition) is 4. The molecule has 0 spiro atoms. The number of amides is 1. The zero-order chi connectivity index (χ0) is 18.9. The molecule has 1 heterocycles. The van der Waals surface area contributed by atoms with Gasteiger partial charge in [-0.25, -0.2) is 9.98 Å². The van der Waals surface area contributed by atoms with Crippen LogP contribution < -0.4 is 20.7 Å². The predicted molar refractivity (Wildman–Crippen MR) is 106 cm³/mol. The van der Waals surface area contributed by atoms with Gasteiger partial charge in [0.2, 0.25) is 11.8 Å². The number of aromatic nitrogens is 1. The third-order valence-electron chi connectivity index (χ3n) is 4.82. The van der Waals surface area contributed by atoms with Gasteiger partial charge in [-0.1, -0.05) is 0 Å². The van der Waals surface area contributed by atoms with E-state index in [0.717, 1.165) is 43.8 Å². The Balaban J connectivity index is 1.45. The highest BCUT2D eigenvalue weighted by molar-refractivity contribution is 5.81. The third kappa shape index (κ3) is 6.73. The van der Waals surface area contributed by atoms with Gasteiger partial charge in [0.15, 0.2) is 5.96 Å². The maximum Gasteiger partial charge on any atom is 0.223 e. The smallest absolute Gasteiger partial charge is 0.223 e. The quantitative estimate of drug-likeness (QED) is 0.350. The van der Waals surface area contributed by atoms with E-state index >= 15 is 0 Å². The predicted octanol–water partition coefficient (Wildman–Crippen LogP) is 1.98. The van der Waals surface area contributed by atoms with Crippen LogP contribution in [0.3, 0.4) is 0 Å². The number of hydrogen-bond donors (Lipinski definition) is 3. The monoisotopic (exact) mass is 373 g/mol. The summed E-state index contributed by atoms with van der Waals surface area (Å²) in [6.45, 7) is 4.62. The van der Waals surface area contributed by atoms with E-state index in [2.05, 4.69) is 25.9 Å². The van der Waals surface area contributed by atoms with Crippen LogP contribution >= 0.6 is 0 Å². The van der Waals surface area contributed by atoms with E-state index in [1.54, 1.807) is 6.20 Å². The maximum absolute atomic E-state index is 11.6. The first-order chi connectivity index (χ1) is 13.2. The standard InChI is InChI=1S/C20H31N5O2/c1-2-21-20(24-12-11-23-19(26)16-7-8-16)25-14-15-9-10-22-18(13-15)27-17-5-3-4-6-17/h9-10,13,16-17H,2-8,11-12,14H2,1H3,(H,23,26)(H2,21,24,25). The Morgan fingerprint density at radius 2 is 1.96 bits per heavy atom. The van der Waals surface area contributed by atoms with Crippen molar-refractivity contribution in [1.29, 1.82) is 0 Å². The molecule has 0 saturated heterocycles. The minimum absolute atomic E-state index is 0.172. The third-order valence-corrected chi connectivity index (χ3v) is 4.82. The first-order valence-corrected chi connectivity index (χ1v) is 10.2. The number of pyridine rings is 1. The maximum atomic E-state index is 11.6. The van der Waals surface area contributed by atoms with Gasteiger partial charge in [0.25, 0.3) is 0 Å². The Bertz CT molecular complexity index is 639. The van der Waals surface area contributed by atoms with E-state index < -0.39 is 0 Å². The van der Waals surface area contributed by atoms with Crippen LogP contribution in [-0.4, -0.2) is 42.6 Å². The summed E-state index contributed by atoms with van der Waals surface area (Å²) in [5.74, 6) is 1.85. The van der Waals surface area contributed by atoms with Crippen molar-refractivity contribution < 1.29 is 9.53 Å². The Morgan fingerprint density at radius 1 is 1.19 bits per heavy atom. The van der Waals surface area contributed by atoms with E-state index in [-0.39, 0.29) is 11.8 Å². The van der Waals surface area contributed by atoms with Crippen molar-refractivity contribution in [3.8, 4) is 5.88 Å². The Hall–Kier alpha value is -2.31. The van der Waals surface area contributed by atoms with Crippen LogP contribution in [0.4, 0.5) is 0 Å². The van der Waals surface area contributed by atoms with Crippen LogP contribution in [0.15, 0.2) is 23.3 Å². The zero-order valence-corrected chi connectivity index (χ0v) is 16.2. The van der Waals surface area contributed by atoms with Crippen LogP contribution in [0.25, 0.3) is 0 Å². The summed E-state index contributed by atoms with van der Waals surface area (Å²) in [5, 5.41) is 9.43. The number of guanidine groups is 1. The molecule has 0 aliphatic heterocycles. The van der Waals surface area contributed by atoms with Crippen LogP contribution in [0.5, 0.6) is 5.88 Å². The lowest BCUT2D eigenvalue weighted by Gasteiger charge is -2.13. The molecule has 0 unspecified atom stereocenters. The molecule has 3 rings (SSSR count). The largest absolute Gasteiger partial charge is 0.474 e. The first-order valence-electron chi connectivity index (χ1n) is 10.2. The fourth-order valence-corrected chi connectivity index (χ4v) is 3.16.